The maximum atomic E-state index is 12.5. The number of thiazole rings is 1. The molecular weight excluding hydrogens is 430 g/mol. The van der Waals surface area contributed by atoms with E-state index in [9.17, 15) is 13.2 Å². The second-order valence-corrected chi connectivity index (χ2v) is 10.6. The number of anilines is 2. The van der Waals surface area contributed by atoms with Gasteiger partial charge in [-0.15, -0.1) is 22.7 Å². The van der Waals surface area contributed by atoms with Gasteiger partial charge in [-0.05, 0) is 43.7 Å². The number of ether oxygens (including phenoxy) is 1. The predicted molar refractivity (Wildman–Crippen MR) is 116 cm³/mol. The van der Waals surface area contributed by atoms with Crippen LogP contribution < -0.4 is 14.4 Å². The molecule has 0 fully saturated rings. The number of nitrogens with zero attached hydrogens (tertiary/aromatic N) is 2. The number of carbonyl (C=O) groups excluding carboxylic acids is 1. The van der Waals surface area contributed by atoms with Gasteiger partial charge in [0.1, 0.15) is 9.96 Å². The monoisotopic (exact) mass is 449 g/mol. The molecule has 2 aromatic heterocycles. The summed E-state index contributed by atoms with van der Waals surface area (Å²) in [5.74, 6) is 0.584. The third-order valence-electron chi connectivity index (χ3n) is 4.35. The average Bonchev–Trinajstić information content (AvgIpc) is 3.33. The average molecular weight is 450 g/mol. The van der Waals surface area contributed by atoms with Gasteiger partial charge in [-0.1, -0.05) is 6.92 Å². The second kappa shape index (κ2) is 7.77. The molecule has 152 valence electrons. The Hall–Kier alpha value is -2.43. The number of aryl methyl sites for hydroxylation is 1. The molecule has 4 rings (SSSR count). The predicted octanol–water partition coefficient (Wildman–Crippen LogP) is 4.12. The van der Waals surface area contributed by atoms with Gasteiger partial charge in [0.05, 0.1) is 11.4 Å². The Balaban J connectivity index is 1.61. The summed E-state index contributed by atoms with van der Waals surface area (Å²) in [6.45, 7) is 4.52. The maximum absolute atomic E-state index is 12.5. The number of sulfonamides is 1. The number of nitrogens with one attached hydrogen (secondary N) is 1. The third kappa shape index (κ3) is 4.00. The van der Waals surface area contributed by atoms with E-state index in [4.69, 9.17) is 4.74 Å². The summed E-state index contributed by atoms with van der Waals surface area (Å²) in [7, 11) is -3.66. The van der Waals surface area contributed by atoms with Gasteiger partial charge in [0.2, 0.25) is 0 Å². The van der Waals surface area contributed by atoms with Gasteiger partial charge >= 0.3 is 0 Å². The first-order valence-electron chi connectivity index (χ1n) is 9.00. The number of aromatic nitrogens is 1. The minimum atomic E-state index is -3.66. The number of hydrogen-bond acceptors (Lipinski definition) is 7. The summed E-state index contributed by atoms with van der Waals surface area (Å²) in [5.41, 5.74) is 2.13. The molecule has 1 aliphatic rings. The quantitative estimate of drug-likeness (QED) is 0.612. The van der Waals surface area contributed by atoms with Crippen molar-refractivity contribution in [1.82, 2.24) is 4.98 Å². The summed E-state index contributed by atoms with van der Waals surface area (Å²) in [4.78, 5) is 19.3. The van der Waals surface area contributed by atoms with E-state index in [-0.39, 0.29) is 16.7 Å². The van der Waals surface area contributed by atoms with Gasteiger partial charge < -0.3 is 9.64 Å². The van der Waals surface area contributed by atoms with Gasteiger partial charge in [0.25, 0.3) is 15.9 Å². The second-order valence-electron chi connectivity index (χ2n) is 6.53. The van der Waals surface area contributed by atoms with Crippen LogP contribution in [0.2, 0.25) is 0 Å². The van der Waals surface area contributed by atoms with Crippen LogP contribution in [-0.2, 0) is 14.8 Å². The van der Waals surface area contributed by atoms with Crippen molar-refractivity contribution in [2.24, 2.45) is 0 Å². The highest BCUT2D eigenvalue weighted by molar-refractivity contribution is 7.94. The number of hydrogen-bond donors (Lipinski definition) is 1. The molecule has 0 saturated carbocycles. The third-order valence-corrected chi connectivity index (χ3v) is 8.07. The number of carbonyl (C=O) groups is 1. The molecule has 1 amide bonds. The highest BCUT2D eigenvalue weighted by Gasteiger charge is 2.25. The van der Waals surface area contributed by atoms with Crippen LogP contribution in [0.15, 0.2) is 39.9 Å². The SMILES string of the molecule is CCCN1C(=O)COc2ccc(-c3csc(NS(=O)(=O)c4ccc(C)s4)n3)cc21. The molecule has 1 aromatic carbocycles. The summed E-state index contributed by atoms with van der Waals surface area (Å²) < 4.78 is 33.3. The van der Waals surface area contributed by atoms with Crippen molar-refractivity contribution in [3.8, 4) is 17.0 Å². The molecule has 0 saturated heterocycles. The van der Waals surface area contributed by atoms with E-state index in [1.165, 1.54) is 22.7 Å². The van der Waals surface area contributed by atoms with Crippen LogP contribution in [-0.4, -0.2) is 32.5 Å². The summed E-state index contributed by atoms with van der Waals surface area (Å²) >= 11 is 2.43. The van der Waals surface area contributed by atoms with E-state index < -0.39 is 10.0 Å². The van der Waals surface area contributed by atoms with Crippen molar-refractivity contribution < 1.29 is 17.9 Å². The highest BCUT2D eigenvalue weighted by Crippen LogP contribution is 2.37. The standard InChI is InChI=1S/C19H19N3O4S3/c1-3-8-22-15-9-13(5-6-16(15)26-10-17(22)23)14-11-27-19(20-14)21-29(24,25)18-7-4-12(2)28-18/h4-7,9,11H,3,8,10H2,1-2H3,(H,20,21). The van der Waals surface area contributed by atoms with Crippen LogP contribution in [0.5, 0.6) is 5.75 Å². The Morgan fingerprint density at radius 2 is 2.10 bits per heavy atom. The van der Waals surface area contributed by atoms with Crippen molar-refractivity contribution in [2.45, 2.75) is 24.5 Å². The minimum Gasteiger partial charge on any atom is -0.482 e. The lowest BCUT2D eigenvalue weighted by Gasteiger charge is -2.29. The molecule has 1 aliphatic heterocycles. The molecule has 3 aromatic rings. The first-order valence-corrected chi connectivity index (χ1v) is 12.2. The largest absolute Gasteiger partial charge is 0.482 e. The van der Waals surface area contributed by atoms with Gasteiger partial charge in [0.15, 0.2) is 11.7 Å². The molecule has 29 heavy (non-hydrogen) atoms. The van der Waals surface area contributed by atoms with E-state index in [1.54, 1.807) is 22.4 Å². The summed E-state index contributed by atoms with van der Waals surface area (Å²) in [6, 6.07) is 8.88. The van der Waals surface area contributed by atoms with Crippen molar-refractivity contribution in [3.63, 3.8) is 0 Å². The minimum absolute atomic E-state index is 0.0389. The normalized spacial score (nSPS) is 13.9. The first kappa shape index (κ1) is 19.9. The first-order chi connectivity index (χ1) is 13.9. The number of amides is 1. The Kier molecular flexibility index (Phi) is 5.32. The molecule has 0 atom stereocenters. The van der Waals surface area contributed by atoms with Crippen molar-refractivity contribution in [2.75, 3.05) is 22.8 Å². The zero-order valence-corrected chi connectivity index (χ0v) is 18.3. The van der Waals surface area contributed by atoms with E-state index >= 15 is 0 Å². The number of benzene rings is 1. The molecule has 0 radical (unpaired) electrons. The van der Waals surface area contributed by atoms with Crippen molar-refractivity contribution in [3.05, 3.63) is 40.6 Å². The van der Waals surface area contributed by atoms with Crippen LogP contribution in [0.25, 0.3) is 11.3 Å². The Morgan fingerprint density at radius 1 is 1.28 bits per heavy atom. The molecule has 0 unspecified atom stereocenters. The van der Waals surface area contributed by atoms with Gasteiger partial charge in [-0.2, -0.15) is 0 Å². The molecule has 10 heteroatoms. The van der Waals surface area contributed by atoms with Crippen molar-refractivity contribution >= 4 is 49.4 Å². The lowest BCUT2D eigenvalue weighted by molar-refractivity contribution is -0.121. The molecule has 0 aliphatic carbocycles. The van der Waals surface area contributed by atoms with Crippen LogP contribution in [0, 0.1) is 6.92 Å². The maximum Gasteiger partial charge on any atom is 0.273 e. The van der Waals surface area contributed by atoms with E-state index in [1.807, 2.05) is 32.0 Å². The lowest BCUT2D eigenvalue weighted by Crippen LogP contribution is -2.39. The van der Waals surface area contributed by atoms with E-state index in [0.29, 0.717) is 28.8 Å². The number of rotatable bonds is 6. The molecule has 3 heterocycles. The molecule has 7 nitrogen and oxygen atoms in total. The van der Waals surface area contributed by atoms with Crippen molar-refractivity contribution in [1.29, 1.82) is 0 Å². The fourth-order valence-electron chi connectivity index (χ4n) is 3.01. The van der Waals surface area contributed by atoms with Gasteiger partial charge in [0, 0.05) is 22.4 Å². The number of thiophene rings is 1. The van der Waals surface area contributed by atoms with E-state index in [0.717, 1.165) is 16.9 Å². The summed E-state index contributed by atoms with van der Waals surface area (Å²) in [6.07, 6.45) is 0.834. The fraction of sp³-hybridized carbons (Fsp3) is 0.263. The van der Waals surface area contributed by atoms with Gasteiger partial charge in [-0.3, -0.25) is 9.52 Å². The Labute approximate surface area is 177 Å². The Bertz CT molecular complexity index is 1170. The Morgan fingerprint density at radius 3 is 2.83 bits per heavy atom. The summed E-state index contributed by atoms with van der Waals surface area (Å²) in [5, 5.41) is 2.08. The number of fused-ring (bicyclic) bond motifs is 1. The van der Waals surface area contributed by atoms with Crippen LogP contribution in [0.3, 0.4) is 0 Å². The highest BCUT2D eigenvalue weighted by atomic mass is 32.2. The van der Waals surface area contributed by atoms with Crippen LogP contribution in [0.1, 0.15) is 18.2 Å². The van der Waals surface area contributed by atoms with Crippen LogP contribution >= 0.6 is 22.7 Å². The molecule has 0 spiro atoms. The molecule has 1 N–H and O–H groups in total. The topological polar surface area (TPSA) is 88.6 Å². The zero-order chi connectivity index (χ0) is 20.6. The lowest BCUT2D eigenvalue weighted by atomic mass is 10.1. The van der Waals surface area contributed by atoms with E-state index in [2.05, 4.69) is 9.71 Å². The zero-order valence-electron chi connectivity index (χ0n) is 15.8. The van der Waals surface area contributed by atoms with Crippen LogP contribution in [0.4, 0.5) is 10.8 Å². The smallest absolute Gasteiger partial charge is 0.273 e. The fourth-order valence-corrected chi connectivity index (χ4v) is 6.26. The molecule has 0 bridgehead atoms. The van der Waals surface area contributed by atoms with Gasteiger partial charge in [-0.25, -0.2) is 13.4 Å². The molecular formula is C19H19N3O4S3.